The summed E-state index contributed by atoms with van der Waals surface area (Å²) in [5.74, 6) is -0.858. The predicted molar refractivity (Wildman–Crippen MR) is 67.3 cm³/mol. The molecular formula is C12H12N4O3. The quantitative estimate of drug-likeness (QED) is 0.764. The molecule has 0 saturated carbocycles. The predicted octanol–water partition coefficient (Wildman–Crippen LogP) is 1.10. The number of nitrogens with two attached hydrogens (primary N) is 1. The smallest absolute Gasteiger partial charge is 0.323 e. The van der Waals surface area contributed by atoms with Gasteiger partial charge in [-0.05, 0) is 5.56 Å². The van der Waals surface area contributed by atoms with Gasteiger partial charge in [-0.15, -0.1) is 0 Å². The van der Waals surface area contributed by atoms with E-state index in [9.17, 15) is 9.59 Å². The number of nitrogens with one attached hydrogen (secondary N) is 2. The molecule has 0 bridgehead atoms. The number of nitrogens with zero attached hydrogens (tertiary/aromatic N) is 1. The maximum absolute atomic E-state index is 11.5. The molecule has 7 heteroatoms. The second-order valence-electron chi connectivity index (χ2n) is 3.69. The average molecular weight is 260 g/mol. The Hall–Kier alpha value is -2.83. The molecule has 7 nitrogen and oxygen atoms in total. The number of hydrogen-bond donors (Lipinski definition) is 3. The SMILES string of the molecule is NC(=O)c1cnc(NC(=O)NCc2ccccc2)o1. The van der Waals surface area contributed by atoms with E-state index in [4.69, 9.17) is 10.2 Å². The van der Waals surface area contributed by atoms with E-state index in [-0.39, 0.29) is 11.8 Å². The number of anilines is 1. The van der Waals surface area contributed by atoms with Gasteiger partial charge in [0.2, 0.25) is 5.76 Å². The fourth-order valence-corrected chi connectivity index (χ4v) is 1.37. The standard InChI is InChI=1S/C12H12N4O3/c13-10(17)9-7-15-12(19-9)16-11(18)14-6-8-4-2-1-3-5-8/h1-5,7H,6H2,(H2,13,17)(H2,14,15,16,18). The number of carbonyl (C=O) groups is 2. The molecule has 0 radical (unpaired) electrons. The van der Waals surface area contributed by atoms with Gasteiger partial charge in [-0.3, -0.25) is 10.1 Å². The van der Waals surface area contributed by atoms with Gasteiger partial charge in [0.05, 0.1) is 6.20 Å². The van der Waals surface area contributed by atoms with Crippen LogP contribution in [0.25, 0.3) is 0 Å². The van der Waals surface area contributed by atoms with Crippen molar-refractivity contribution in [2.75, 3.05) is 5.32 Å². The highest BCUT2D eigenvalue weighted by Crippen LogP contribution is 2.07. The third-order valence-electron chi connectivity index (χ3n) is 2.26. The first kappa shape index (κ1) is 12.6. The lowest BCUT2D eigenvalue weighted by Crippen LogP contribution is -2.28. The van der Waals surface area contributed by atoms with Crippen molar-refractivity contribution >= 4 is 18.0 Å². The van der Waals surface area contributed by atoms with Gasteiger partial charge in [-0.2, -0.15) is 0 Å². The summed E-state index contributed by atoms with van der Waals surface area (Å²) in [4.78, 5) is 26.0. The molecule has 0 fully saturated rings. The third-order valence-corrected chi connectivity index (χ3v) is 2.26. The monoisotopic (exact) mass is 260 g/mol. The number of urea groups is 1. The van der Waals surface area contributed by atoms with Crippen molar-refractivity contribution in [1.29, 1.82) is 0 Å². The molecule has 1 heterocycles. The molecule has 2 aromatic rings. The van der Waals surface area contributed by atoms with Gasteiger partial charge in [0.25, 0.3) is 5.91 Å². The molecule has 0 unspecified atom stereocenters. The van der Waals surface area contributed by atoms with Crippen molar-refractivity contribution in [2.45, 2.75) is 6.54 Å². The van der Waals surface area contributed by atoms with Crippen molar-refractivity contribution in [3.8, 4) is 0 Å². The van der Waals surface area contributed by atoms with Crippen LogP contribution >= 0.6 is 0 Å². The minimum absolute atomic E-state index is 0.0839. The molecule has 3 amide bonds. The largest absolute Gasteiger partial charge is 0.418 e. The maximum Gasteiger partial charge on any atom is 0.323 e. The number of benzene rings is 1. The zero-order chi connectivity index (χ0) is 13.7. The number of hydrogen-bond acceptors (Lipinski definition) is 4. The van der Waals surface area contributed by atoms with Crippen LogP contribution in [0.3, 0.4) is 0 Å². The van der Waals surface area contributed by atoms with Crippen LogP contribution in [0, 0.1) is 0 Å². The first-order chi connectivity index (χ1) is 9.15. The summed E-state index contributed by atoms with van der Waals surface area (Å²) in [7, 11) is 0. The first-order valence-corrected chi connectivity index (χ1v) is 5.49. The summed E-state index contributed by atoms with van der Waals surface area (Å²) >= 11 is 0. The van der Waals surface area contributed by atoms with Crippen LogP contribution in [-0.2, 0) is 6.54 Å². The second-order valence-corrected chi connectivity index (χ2v) is 3.69. The molecule has 2 rings (SSSR count). The molecule has 4 N–H and O–H groups in total. The zero-order valence-electron chi connectivity index (χ0n) is 9.92. The molecule has 0 aliphatic carbocycles. The minimum atomic E-state index is -0.745. The summed E-state index contributed by atoms with van der Waals surface area (Å²) < 4.78 is 4.91. The Kier molecular flexibility index (Phi) is 3.77. The molecule has 0 saturated heterocycles. The van der Waals surface area contributed by atoms with Crippen molar-refractivity contribution in [1.82, 2.24) is 10.3 Å². The van der Waals surface area contributed by atoms with E-state index in [1.165, 1.54) is 0 Å². The van der Waals surface area contributed by atoms with Crippen LogP contribution in [-0.4, -0.2) is 16.9 Å². The highest BCUT2D eigenvalue weighted by molar-refractivity contribution is 5.91. The highest BCUT2D eigenvalue weighted by Gasteiger charge is 2.10. The summed E-state index contributed by atoms with van der Waals surface area (Å²) in [6.45, 7) is 0.371. The van der Waals surface area contributed by atoms with Crippen molar-refractivity contribution in [3.05, 3.63) is 47.9 Å². The molecule has 0 aliphatic heterocycles. The van der Waals surface area contributed by atoms with Crippen molar-refractivity contribution in [2.24, 2.45) is 5.73 Å². The number of carbonyl (C=O) groups excluding carboxylic acids is 2. The lowest BCUT2D eigenvalue weighted by molar-refractivity contribution is 0.0974. The number of amides is 3. The molecular weight excluding hydrogens is 248 g/mol. The van der Waals surface area contributed by atoms with Gasteiger partial charge in [0.1, 0.15) is 0 Å². The van der Waals surface area contributed by atoms with Crippen LogP contribution in [0.1, 0.15) is 16.1 Å². The Morgan fingerprint density at radius 3 is 2.63 bits per heavy atom. The summed E-state index contributed by atoms with van der Waals surface area (Å²) in [6, 6.07) is 8.85. The minimum Gasteiger partial charge on any atom is -0.418 e. The second kappa shape index (κ2) is 5.67. The number of oxazole rings is 1. The number of aromatic nitrogens is 1. The Balaban J connectivity index is 1.85. The van der Waals surface area contributed by atoms with Gasteiger partial charge in [0.15, 0.2) is 0 Å². The van der Waals surface area contributed by atoms with Gasteiger partial charge in [0, 0.05) is 6.54 Å². The summed E-state index contributed by atoms with van der Waals surface area (Å²) in [5.41, 5.74) is 5.95. The van der Waals surface area contributed by atoms with Crippen LogP contribution in [0.5, 0.6) is 0 Å². The molecule has 0 aliphatic rings. The lowest BCUT2D eigenvalue weighted by atomic mass is 10.2. The van der Waals surface area contributed by atoms with E-state index in [1.807, 2.05) is 30.3 Å². The normalized spacial score (nSPS) is 9.89. The van der Waals surface area contributed by atoms with E-state index in [1.54, 1.807) is 0 Å². The molecule has 1 aromatic carbocycles. The van der Waals surface area contributed by atoms with Gasteiger partial charge >= 0.3 is 12.0 Å². The Morgan fingerprint density at radius 2 is 2.00 bits per heavy atom. The van der Waals surface area contributed by atoms with Gasteiger partial charge in [-0.1, -0.05) is 30.3 Å². The number of primary amides is 1. The van der Waals surface area contributed by atoms with Crippen LogP contribution in [0.15, 0.2) is 40.9 Å². The van der Waals surface area contributed by atoms with Gasteiger partial charge in [-0.25, -0.2) is 9.78 Å². The van der Waals surface area contributed by atoms with E-state index in [2.05, 4.69) is 15.6 Å². The van der Waals surface area contributed by atoms with Crippen LogP contribution in [0.2, 0.25) is 0 Å². The molecule has 0 spiro atoms. The van der Waals surface area contributed by atoms with Gasteiger partial charge < -0.3 is 15.5 Å². The van der Waals surface area contributed by atoms with E-state index < -0.39 is 11.9 Å². The number of rotatable bonds is 4. The molecule has 1 aromatic heterocycles. The Labute approximate surface area is 108 Å². The van der Waals surface area contributed by atoms with Crippen LogP contribution < -0.4 is 16.4 Å². The molecule has 0 atom stereocenters. The summed E-state index contributed by atoms with van der Waals surface area (Å²) in [5, 5.41) is 4.97. The highest BCUT2D eigenvalue weighted by atomic mass is 16.4. The zero-order valence-corrected chi connectivity index (χ0v) is 9.92. The van der Waals surface area contributed by atoms with E-state index >= 15 is 0 Å². The van der Waals surface area contributed by atoms with Crippen molar-refractivity contribution < 1.29 is 14.0 Å². The third kappa shape index (κ3) is 3.56. The lowest BCUT2D eigenvalue weighted by Gasteiger charge is -2.04. The Bertz CT molecular complexity index is 580. The molecule has 19 heavy (non-hydrogen) atoms. The van der Waals surface area contributed by atoms with E-state index in [0.717, 1.165) is 11.8 Å². The summed E-state index contributed by atoms with van der Waals surface area (Å²) in [6.07, 6.45) is 1.15. The topological polar surface area (TPSA) is 110 Å². The average Bonchev–Trinajstić information content (AvgIpc) is 2.86. The fraction of sp³-hybridized carbons (Fsp3) is 0.0833. The first-order valence-electron chi connectivity index (χ1n) is 5.49. The fourth-order valence-electron chi connectivity index (χ4n) is 1.37. The van der Waals surface area contributed by atoms with Crippen molar-refractivity contribution in [3.63, 3.8) is 0 Å². The maximum atomic E-state index is 11.5. The molecule has 98 valence electrons. The van der Waals surface area contributed by atoms with Crippen LogP contribution in [0.4, 0.5) is 10.8 Å². The Morgan fingerprint density at radius 1 is 1.26 bits per heavy atom. The van der Waals surface area contributed by atoms with E-state index in [0.29, 0.717) is 6.54 Å².